The van der Waals surface area contributed by atoms with E-state index in [1.807, 2.05) is 18.3 Å². The van der Waals surface area contributed by atoms with Crippen LogP contribution in [0.3, 0.4) is 0 Å². The van der Waals surface area contributed by atoms with Crippen molar-refractivity contribution in [1.82, 2.24) is 20.0 Å². The Balaban J connectivity index is 1.37. The van der Waals surface area contributed by atoms with E-state index in [1.165, 1.54) is 11.3 Å². The van der Waals surface area contributed by atoms with E-state index < -0.39 is 0 Å². The Bertz CT molecular complexity index is 932. The molecule has 0 spiro atoms. The Kier molecular flexibility index (Phi) is 5.99. The van der Waals surface area contributed by atoms with Gasteiger partial charge in [0.1, 0.15) is 5.82 Å². The van der Waals surface area contributed by atoms with E-state index in [0.29, 0.717) is 22.1 Å². The molecule has 0 aromatic carbocycles. The quantitative estimate of drug-likeness (QED) is 0.572. The number of hydrogen-bond donors (Lipinski definition) is 0. The molecule has 4 rings (SSSR count). The van der Waals surface area contributed by atoms with E-state index >= 15 is 0 Å². The highest BCUT2D eigenvalue weighted by atomic mass is 35.5. The van der Waals surface area contributed by atoms with E-state index in [9.17, 15) is 4.79 Å². The number of aromatic nitrogens is 4. The molecule has 3 aromatic rings. The van der Waals surface area contributed by atoms with Crippen LogP contribution in [-0.2, 0) is 11.2 Å². The van der Waals surface area contributed by atoms with Crippen LogP contribution in [0.4, 0.5) is 5.82 Å². The first-order valence-corrected chi connectivity index (χ1v) is 10.4. The van der Waals surface area contributed by atoms with Crippen LogP contribution in [0.5, 0.6) is 0 Å². The van der Waals surface area contributed by atoms with E-state index in [2.05, 4.69) is 20.2 Å². The number of carbonyl (C=O) groups is 1. The second-order valence-corrected chi connectivity index (χ2v) is 8.22. The van der Waals surface area contributed by atoms with E-state index in [0.717, 1.165) is 49.9 Å². The number of pyridine rings is 1. The molecule has 7 nitrogen and oxygen atoms in total. The van der Waals surface area contributed by atoms with Crippen molar-refractivity contribution in [2.45, 2.75) is 19.3 Å². The molecular weight excluding hydrogens is 398 g/mol. The SMILES string of the molecule is O=C(CCc1cn(-c2ccc(N3CCCOCC3)nc2)nn1)c1ccc(Cl)s1. The first kappa shape index (κ1) is 19.0. The topological polar surface area (TPSA) is 73.1 Å². The average molecular weight is 418 g/mol. The fourth-order valence-electron chi connectivity index (χ4n) is 3.04. The molecule has 0 bridgehead atoms. The molecule has 9 heteroatoms. The third-order valence-electron chi connectivity index (χ3n) is 4.54. The molecule has 1 aliphatic rings. The minimum atomic E-state index is 0.0684. The third kappa shape index (κ3) is 4.57. The highest BCUT2D eigenvalue weighted by molar-refractivity contribution is 7.18. The molecule has 1 saturated heterocycles. The predicted molar refractivity (Wildman–Crippen MR) is 109 cm³/mol. The van der Waals surface area contributed by atoms with Crippen LogP contribution in [0, 0.1) is 0 Å². The monoisotopic (exact) mass is 417 g/mol. The normalized spacial score (nSPS) is 14.8. The Labute approximate surface area is 171 Å². The molecule has 0 amide bonds. The van der Waals surface area contributed by atoms with Crippen molar-refractivity contribution in [3.8, 4) is 5.69 Å². The second-order valence-electron chi connectivity index (χ2n) is 6.51. The molecule has 0 atom stereocenters. The standard InChI is InChI=1S/C19H20ClN5O2S/c20-18-6-5-17(28-18)16(26)4-2-14-13-25(23-22-14)15-3-7-19(21-12-15)24-8-1-10-27-11-9-24/h3,5-7,12-13H,1-2,4,8-11H2. The summed E-state index contributed by atoms with van der Waals surface area (Å²) >= 11 is 7.19. The molecule has 1 aliphatic heterocycles. The molecule has 0 unspecified atom stereocenters. The van der Waals surface area contributed by atoms with Gasteiger partial charge in [0.25, 0.3) is 0 Å². The zero-order valence-corrected chi connectivity index (χ0v) is 16.8. The Hall–Kier alpha value is -2.29. The van der Waals surface area contributed by atoms with Crippen LogP contribution in [0.15, 0.2) is 36.7 Å². The maximum absolute atomic E-state index is 12.2. The number of ketones is 1. The first-order valence-electron chi connectivity index (χ1n) is 9.18. The summed E-state index contributed by atoms with van der Waals surface area (Å²) in [6.45, 7) is 3.33. The first-order chi connectivity index (χ1) is 13.7. The van der Waals surface area contributed by atoms with Crippen LogP contribution in [0.1, 0.15) is 28.2 Å². The van der Waals surface area contributed by atoms with Gasteiger partial charge in [-0.3, -0.25) is 4.79 Å². The summed E-state index contributed by atoms with van der Waals surface area (Å²) < 4.78 is 7.80. The van der Waals surface area contributed by atoms with Crippen molar-refractivity contribution in [1.29, 1.82) is 0 Å². The van der Waals surface area contributed by atoms with E-state index in [1.54, 1.807) is 23.0 Å². The zero-order valence-electron chi connectivity index (χ0n) is 15.3. The number of nitrogens with zero attached hydrogens (tertiary/aromatic N) is 5. The Morgan fingerprint density at radius 1 is 1.21 bits per heavy atom. The molecule has 4 heterocycles. The maximum atomic E-state index is 12.2. The molecule has 3 aromatic heterocycles. The highest BCUT2D eigenvalue weighted by Crippen LogP contribution is 2.23. The smallest absolute Gasteiger partial charge is 0.173 e. The van der Waals surface area contributed by atoms with Gasteiger partial charge >= 0.3 is 0 Å². The lowest BCUT2D eigenvalue weighted by Crippen LogP contribution is -2.26. The fraction of sp³-hybridized carbons (Fsp3) is 0.368. The van der Waals surface area contributed by atoms with Gasteiger partial charge in [0.05, 0.1) is 39.6 Å². The van der Waals surface area contributed by atoms with Crippen LogP contribution in [0.2, 0.25) is 4.34 Å². The Morgan fingerprint density at radius 3 is 2.93 bits per heavy atom. The number of halogens is 1. The van der Waals surface area contributed by atoms with Crippen molar-refractivity contribution in [2.24, 2.45) is 0 Å². The number of thiophene rings is 1. The molecule has 0 saturated carbocycles. The van der Waals surface area contributed by atoms with Crippen LogP contribution in [-0.4, -0.2) is 52.1 Å². The number of Topliss-reactive ketones (excluding diaryl/α,β-unsaturated/α-hetero) is 1. The number of ether oxygens (including phenoxy) is 1. The van der Waals surface area contributed by atoms with Crippen LogP contribution in [0.25, 0.3) is 5.69 Å². The molecular formula is C19H20ClN5O2S. The van der Waals surface area contributed by atoms with Gasteiger partial charge in [0, 0.05) is 32.5 Å². The maximum Gasteiger partial charge on any atom is 0.173 e. The minimum absolute atomic E-state index is 0.0684. The Morgan fingerprint density at radius 2 is 2.14 bits per heavy atom. The molecule has 0 radical (unpaired) electrons. The van der Waals surface area contributed by atoms with Gasteiger partial charge in [-0.1, -0.05) is 16.8 Å². The summed E-state index contributed by atoms with van der Waals surface area (Å²) in [7, 11) is 0. The largest absolute Gasteiger partial charge is 0.380 e. The molecule has 146 valence electrons. The lowest BCUT2D eigenvalue weighted by molar-refractivity contribution is 0.0986. The summed E-state index contributed by atoms with van der Waals surface area (Å²) in [6.07, 6.45) is 5.55. The van der Waals surface area contributed by atoms with E-state index in [4.69, 9.17) is 16.3 Å². The summed E-state index contributed by atoms with van der Waals surface area (Å²) in [5.74, 6) is 1.01. The van der Waals surface area contributed by atoms with Crippen LogP contribution >= 0.6 is 22.9 Å². The molecule has 0 aliphatic carbocycles. The van der Waals surface area contributed by atoms with Gasteiger partial charge in [0.2, 0.25) is 0 Å². The van der Waals surface area contributed by atoms with Crippen molar-refractivity contribution < 1.29 is 9.53 Å². The van der Waals surface area contributed by atoms with Crippen LogP contribution < -0.4 is 4.90 Å². The average Bonchev–Trinajstić information content (AvgIpc) is 3.28. The van der Waals surface area contributed by atoms with Gasteiger partial charge in [-0.25, -0.2) is 9.67 Å². The number of hydrogen-bond acceptors (Lipinski definition) is 7. The number of anilines is 1. The zero-order chi connectivity index (χ0) is 19.3. The van der Waals surface area contributed by atoms with Crippen molar-refractivity contribution >= 4 is 34.5 Å². The second kappa shape index (κ2) is 8.81. The molecule has 1 fully saturated rings. The summed E-state index contributed by atoms with van der Waals surface area (Å²) in [5.41, 5.74) is 1.61. The third-order valence-corrected chi connectivity index (χ3v) is 5.81. The predicted octanol–water partition coefficient (Wildman–Crippen LogP) is 3.42. The van der Waals surface area contributed by atoms with Gasteiger partial charge < -0.3 is 9.64 Å². The number of rotatable bonds is 6. The van der Waals surface area contributed by atoms with E-state index in [-0.39, 0.29) is 5.78 Å². The number of aryl methyl sites for hydroxylation is 1. The summed E-state index contributed by atoms with van der Waals surface area (Å²) in [4.78, 5) is 19.7. The lowest BCUT2D eigenvalue weighted by atomic mass is 10.1. The van der Waals surface area contributed by atoms with Gasteiger partial charge in [-0.2, -0.15) is 0 Å². The van der Waals surface area contributed by atoms with Gasteiger partial charge in [0.15, 0.2) is 5.78 Å². The van der Waals surface area contributed by atoms with Gasteiger partial charge in [-0.15, -0.1) is 16.4 Å². The van der Waals surface area contributed by atoms with Crippen molar-refractivity contribution in [3.05, 3.63) is 51.6 Å². The summed E-state index contributed by atoms with van der Waals surface area (Å²) in [5, 5.41) is 8.33. The molecule has 0 N–H and O–H groups in total. The highest BCUT2D eigenvalue weighted by Gasteiger charge is 2.13. The summed E-state index contributed by atoms with van der Waals surface area (Å²) in [6, 6.07) is 7.47. The van der Waals surface area contributed by atoms with Crippen molar-refractivity contribution in [2.75, 3.05) is 31.2 Å². The minimum Gasteiger partial charge on any atom is -0.380 e. The molecule has 28 heavy (non-hydrogen) atoms. The van der Waals surface area contributed by atoms with Gasteiger partial charge in [-0.05, 0) is 30.7 Å². The van der Waals surface area contributed by atoms with Crippen molar-refractivity contribution in [3.63, 3.8) is 0 Å². The number of carbonyl (C=O) groups excluding carboxylic acids is 1. The lowest BCUT2D eigenvalue weighted by Gasteiger charge is -2.20. The fourth-order valence-corrected chi connectivity index (χ4v) is 4.05.